The Labute approximate surface area is 177 Å². The van der Waals surface area contributed by atoms with Crippen molar-refractivity contribution in [3.63, 3.8) is 0 Å². The maximum atomic E-state index is 12.6. The summed E-state index contributed by atoms with van der Waals surface area (Å²) in [6.45, 7) is 3.79. The van der Waals surface area contributed by atoms with E-state index in [1.54, 1.807) is 17.5 Å². The first kappa shape index (κ1) is 20.1. The second-order valence-corrected chi connectivity index (χ2v) is 9.75. The maximum absolute atomic E-state index is 12.6. The normalized spacial score (nSPS) is 15.7. The Morgan fingerprint density at radius 2 is 2.14 bits per heavy atom. The zero-order chi connectivity index (χ0) is 20.4. The number of carbonyl (C=O) groups is 1. The maximum Gasteiger partial charge on any atom is 0.259 e. The number of thioether (sulfide) groups is 1. The van der Waals surface area contributed by atoms with Crippen LogP contribution in [0.2, 0.25) is 0 Å². The molecule has 1 aliphatic carbocycles. The van der Waals surface area contributed by atoms with Crippen LogP contribution in [0.5, 0.6) is 0 Å². The van der Waals surface area contributed by atoms with Crippen LogP contribution in [-0.2, 0) is 23.4 Å². The van der Waals surface area contributed by atoms with Gasteiger partial charge in [0.05, 0.1) is 28.1 Å². The van der Waals surface area contributed by atoms with Crippen molar-refractivity contribution in [2.45, 2.75) is 56.6 Å². The van der Waals surface area contributed by atoms with E-state index in [1.165, 1.54) is 28.6 Å². The molecule has 8 heteroatoms. The van der Waals surface area contributed by atoms with E-state index in [0.29, 0.717) is 11.6 Å². The van der Waals surface area contributed by atoms with E-state index in [9.17, 15) is 9.59 Å². The number of carbonyl (C=O) groups excluding carboxylic acids is 1. The van der Waals surface area contributed by atoms with Crippen molar-refractivity contribution in [2.24, 2.45) is 0 Å². The molecule has 152 valence electrons. The van der Waals surface area contributed by atoms with Gasteiger partial charge in [-0.25, -0.2) is 4.98 Å². The van der Waals surface area contributed by atoms with Gasteiger partial charge in [-0.15, -0.1) is 23.1 Å². The molecule has 0 spiro atoms. The molecular formula is C21H24N4O2S2. The zero-order valence-electron chi connectivity index (χ0n) is 16.5. The predicted octanol–water partition coefficient (Wildman–Crippen LogP) is 3.76. The number of amides is 1. The van der Waals surface area contributed by atoms with Crippen LogP contribution < -0.4 is 10.9 Å². The van der Waals surface area contributed by atoms with Crippen LogP contribution in [0.3, 0.4) is 0 Å². The van der Waals surface area contributed by atoms with Crippen molar-refractivity contribution in [1.29, 1.82) is 0 Å². The number of fused-ring (bicyclic) bond motifs is 3. The summed E-state index contributed by atoms with van der Waals surface area (Å²) in [4.78, 5) is 39.2. The van der Waals surface area contributed by atoms with E-state index in [4.69, 9.17) is 0 Å². The van der Waals surface area contributed by atoms with E-state index < -0.39 is 0 Å². The van der Waals surface area contributed by atoms with Gasteiger partial charge >= 0.3 is 0 Å². The molecule has 0 bridgehead atoms. The van der Waals surface area contributed by atoms with Gasteiger partial charge in [-0.05, 0) is 57.2 Å². The topological polar surface area (TPSA) is 87.7 Å². The lowest BCUT2D eigenvalue weighted by Crippen LogP contribution is -2.33. The van der Waals surface area contributed by atoms with Gasteiger partial charge in [0.25, 0.3) is 5.56 Å². The minimum absolute atomic E-state index is 0.0501. The number of rotatable bonds is 6. The molecule has 0 saturated heterocycles. The molecule has 0 saturated carbocycles. The van der Waals surface area contributed by atoms with Gasteiger partial charge in [-0.1, -0.05) is 6.07 Å². The Balaban J connectivity index is 1.41. The summed E-state index contributed by atoms with van der Waals surface area (Å²) < 4.78 is 0. The first-order valence-electron chi connectivity index (χ1n) is 9.89. The largest absolute Gasteiger partial charge is 0.347 e. The number of hydrogen-bond acceptors (Lipinski definition) is 6. The molecule has 0 aromatic carbocycles. The van der Waals surface area contributed by atoms with Crippen molar-refractivity contribution in [3.8, 4) is 0 Å². The monoisotopic (exact) mass is 428 g/mol. The summed E-state index contributed by atoms with van der Waals surface area (Å²) >= 11 is 3.11. The van der Waals surface area contributed by atoms with E-state index >= 15 is 0 Å². The number of nitrogens with zero attached hydrogens (tertiary/aromatic N) is 2. The fraction of sp³-hybridized carbons (Fsp3) is 0.429. The minimum Gasteiger partial charge on any atom is -0.347 e. The predicted molar refractivity (Wildman–Crippen MR) is 118 cm³/mol. The number of pyridine rings is 1. The van der Waals surface area contributed by atoms with Gasteiger partial charge < -0.3 is 10.3 Å². The van der Waals surface area contributed by atoms with Crippen molar-refractivity contribution >= 4 is 39.2 Å². The SMILES string of the molecule is C[C@@H](SCc1nc2sc3c(c2c(=O)[nH]1)CCCC3)C(=O)N[C@H](C)c1ccccn1. The molecule has 0 aliphatic heterocycles. The summed E-state index contributed by atoms with van der Waals surface area (Å²) in [5.41, 5.74) is 1.97. The third-order valence-electron chi connectivity index (χ3n) is 5.20. The van der Waals surface area contributed by atoms with Crippen molar-refractivity contribution in [2.75, 3.05) is 0 Å². The lowest BCUT2D eigenvalue weighted by Gasteiger charge is -2.17. The molecule has 4 rings (SSSR count). The molecule has 3 aromatic rings. The lowest BCUT2D eigenvalue weighted by atomic mass is 9.97. The van der Waals surface area contributed by atoms with Crippen LogP contribution in [0.15, 0.2) is 29.2 Å². The number of nitrogens with one attached hydrogen (secondary N) is 2. The van der Waals surface area contributed by atoms with Crippen LogP contribution in [0, 0.1) is 0 Å². The Bertz CT molecular complexity index is 1080. The highest BCUT2D eigenvalue weighted by molar-refractivity contribution is 7.99. The molecule has 2 atom stereocenters. The van der Waals surface area contributed by atoms with Crippen LogP contribution in [0.4, 0.5) is 0 Å². The standard InChI is InChI=1S/C21H24N4O2S2/c1-12(15-8-5-6-10-22-15)23-19(26)13(2)28-11-17-24-20(27)18-14-7-3-4-9-16(14)29-21(18)25-17/h5-6,8,10,12-13H,3-4,7,9,11H2,1-2H3,(H,23,26)(H,24,25,27)/t12-,13-/m1/s1. The molecule has 0 fully saturated rings. The highest BCUT2D eigenvalue weighted by Crippen LogP contribution is 2.33. The third kappa shape index (κ3) is 4.38. The Morgan fingerprint density at radius 3 is 2.93 bits per heavy atom. The Hall–Kier alpha value is -2.19. The van der Waals surface area contributed by atoms with Crippen LogP contribution >= 0.6 is 23.1 Å². The average Bonchev–Trinajstić information content (AvgIpc) is 3.11. The number of H-pyrrole nitrogens is 1. The Kier molecular flexibility index (Phi) is 6.01. The molecule has 1 amide bonds. The van der Waals surface area contributed by atoms with E-state index in [1.807, 2.05) is 32.0 Å². The fourth-order valence-electron chi connectivity index (χ4n) is 3.59. The van der Waals surface area contributed by atoms with Gasteiger partial charge in [-0.3, -0.25) is 14.6 Å². The molecule has 0 unspecified atom stereocenters. The second-order valence-electron chi connectivity index (χ2n) is 7.34. The second kappa shape index (κ2) is 8.67. The summed E-state index contributed by atoms with van der Waals surface area (Å²) in [5, 5.41) is 3.50. The van der Waals surface area contributed by atoms with Crippen LogP contribution in [-0.4, -0.2) is 26.1 Å². The first-order chi connectivity index (χ1) is 14.0. The van der Waals surface area contributed by atoms with Gasteiger partial charge in [0, 0.05) is 11.1 Å². The molecule has 6 nitrogen and oxygen atoms in total. The van der Waals surface area contributed by atoms with Gasteiger partial charge in [-0.2, -0.15) is 0 Å². The minimum atomic E-state index is -0.265. The van der Waals surface area contributed by atoms with Gasteiger partial charge in [0.1, 0.15) is 10.7 Å². The summed E-state index contributed by atoms with van der Waals surface area (Å²) in [5.74, 6) is 1.06. The van der Waals surface area contributed by atoms with Crippen molar-refractivity contribution in [3.05, 3.63) is 56.7 Å². The molecule has 0 radical (unpaired) electrons. The van der Waals surface area contributed by atoms with E-state index in [-0.39, 0.29) is 22.8 Å². The van der Waals surface area contributed by atoms with Crippen molar-refractivity contribution < 1.29 is 4.79 Å². The summed E-state index contributed by atoms with van der Waals surface area (Å²) in [7, 11) is 0. The fourth-order valence-corrected chi connectivity index (χ4v) is 5.64. The summed E-state index contributed by atoms with van der Waals surface area (Å²) in [6.07, 6.45) is 6.06. The molecule has 1 aliphatic rings. The molecule has 2 N–H and O–H groups in total. The zero-order valence-corrected chi connectivity index (χ0v) is 18.2. The quantitative estimate of drug-likeness (QED) is 0.624. The number of aryl methyl sites for hydroxylation is 2. The molecular weight excluding hydrogens is 404 g/mol. The number of thiophene rings is 1. The van der Waals surface area contributed by atoms with Crippen LogP contribution in [0.1, 0.15) is 54.7 Å². The average molecular weight is 429 g/mol. The van der Waals surface area contributed by atoms with E-state index in [2.05, 4.69) is 20.3 Å². The molecule has 29 heavy (non-hydrogen) atoms. The highest BCUT2D eigenvalue weighted by atomic mass is 32.2. The number of aromatic amines is 1. The first-order valence-corrected chi connectivity index (χ1v) is 11.8. The number of hydrogen-bond donors (Lipinski definition) is 2. The van der Waals surface area contributed by atoms with Gasteiger partial charge in [0.15, 0.2) is 0 Å². The molecule has 3 heterocycles. The smallest absolute Gasteiger partial charge is 0.259 e. The Morgan fingerprint density at radius 1 is 1.31 bits per heavy atom. The third-order valence-corrected chi connectivity index (χ3v) is 7.54. The van der Waals surface area contributed by atoms with Gasteiger partial charge in [0.2, 0.25) is 5.91 Å². The van der Waals surface area contributed by atoms with Crippen molar-refractivity contribution in [1.82, 2.24) is 20.3 Å². The number of aromatic nitrogens is 3. The highest BCUT2D eigenvalue weighted by Gasteiger charge is 2.21. The lowest BCUT2D eigenvalue weighted by molar-refractivity contribution is -0.120. The van der Waals surface area contributed by atoms with Crippen LogP contribution in [0.25, 0.3) is 10.2 Å². The van der Waals surface area contributed by atoms with E-state index in [0.717, 1.165) is 35.2 Å². The summed E-state index contributed by atoms with van der Waals surface area (Å²) in [6, 6.07) is 5.50. The molecule has 3 aromatic heterocycles.